The van der Waals surface area contributed by atoms with Crippen LogP contribution in [0.4, 0.5) is 0 Å². The van der Waals surface area contributed by atoms with E-state index in [0.29, 0.717) is 24.5 Å². The van der Waals surface area contributed by atoms with Crippen molar-refractivity contribution in [1.29, 1.82) is 0 Å². The lowest BCUT2D eigenvalue weighted by atomic mass is 10.0. The van der Waals surface area contributed by atoms with Gasteiger partial charge in [-0.2, -0.15) is 0 Å². The molecule has 1 aromatic carbocycles. The molecule has 3 heterocycles. The topological polar surface area (TPSA) is 103 Å². The van der Waals surface area contributed by atoms with Crippen LogP contribution in [0, 0.1) is 5.92 Å². The lowest BCUT2D eigenvalue weighted by molar-refractivity contribution is -0.119. The molecular weight excluding hydrogens is 392 g/mol. The van der Waals surface area contributed by atoms with Gasteiger partial charge in [-0.3, -0.25) is 4.79 Å². The number of nitrogens with one attached hydrogen (secondary N) is 1. The van der Waals surface area contributed by atoms with Crippen LogP contribution in [0.2, 0.25) is 0 Å². The Bertz CT molecular complexity index is 1190. The van der Waals surface area contributed by atoms with Gasteiger partial charge in [-0.1, -0.05) is 12.1 Å². The van der Waals surface area contributed by atoms with E-state index in [-0.39, 0.29) is 22.8 Å². The van der Waals surface area contributed by atoms with Crippen molar-refractivity contribution in [3.8, 4) is 17.1 Å². The number of nitrogens with zero attached hydrogens (tertiary/aromatic N) is 3. The molecule has 0 bridgehead atoms. The van der Waals surface area contributed by atoms with Crippen molar-refractivity contribution < 1.29 is 17.9 Å². The molecule has 1 fully saturated rings. The monoisotopic (exact) mass is 414 g/mol. The van der Waals surface area contributed by atoms with E-state index in [4.69, 9.17) is 4.74 Å². The Labute approximate surface area is 168 Å². The number of hydrogen-bond donors (Lipinski definition) is 1. The van der Waals surface area contributed by atoms with E-state index in [9.17, 15) is 13.2 Å². The van der Waals surface area contributed by atoms with Crippen molar-refractivity contribution in [3.05, 3.63) is 36.7 Å². The molecule has 1 aliphatic rings. The molecule has 8 nitrogen and oxygen atoms in total. The van der Waals surface area contributed by atoms with Gasteiger partial charge < -0.3 is 14.6 Å². The van der Waals surface area contributed by atoms with Crippen molar-refractivity contribution in [2.75, 3.05) is 12.8 Å². The van der Waals surface area contributed by atoms with Crippen LogP contribution in [-0.4, -0.2) is 47.8 Å². The van der Waals surface area contributed by atoms with Crippen molar-refractivity contribution in [2.45, 2.75) is 24.3 Å². The highest BCUT2D eigenvalue weighted by Crippen LogP contribution is 2.31. The van der Waals surface area contributed by atoms with Gasteiger partial charge in [0.1, 0.15) is 11.6 Å². The number of ether oxygens (including phenoxy) is 1. The number of carbonyl (C=O) groups is 1. The summed E-state index contributed by atoms with van der Waals surface area (Å²) in [6.07, 6.45) is 3.10. The van der Waals surface area contributed by atoms with Crippen LogP contribution >= 0.6 is 0 Å². The maximum absolute atomic E-state index is 11.7. The molecule has 2 atom stereocenters. The zero-order valence-electron chi connectivity index (χ0n) is 16.4. The Morgan fingerprint density at radius 3 is 2.62 bits per heavy atom. The third-order valence-corrected chi connectivity index (χ3v) is 6.34. The standard InChI is InChI=1S/C20H22N4O4S/c1-12(14-8-18(25)21-10-14)28-20-19-17(22-11-24(19)2)9-16(23-20)13-4-6-15(7-5-13)29(3,26)27/h4-7,9,11-12,14H,8,10H2,1-3H3,(H,21,25). The fourth-order valence-electron chi connectivity index (χ4n) is 3.47. The fourth-order valence-corrected chi connectivity index (χ4v) is 4.10. The number of benzene rings is 1. The van der Waals surface area contributed by atoms with Crippen molar-refractivity contribution in [3.63, 3.8) is 0 Å². The number of rotatable bonds is 5. The predicted molar refractivity (Wildman–Crippen MR) is 108 cm³/mol. The molecule has 1 aliphatic heterocycles. The summed E-state index contributed by atoms with van der Waals surface area (Å²) < 4.78 is 31.4. The van der Waals surface area contributed by atoms with Crippen LogP contribution < -0.4 is 10.1 Å². The molecule has 2 unspecified atom stereocenters. The Balaban J connectivity index is 1.72. The predicted octanol–water partition coefficient (Wildman–Crippen LogP) is 1.94. The van der Waals surface area contributed by atoms with Gasteiger partial charge in [-0.15, -0.1) is 0 Å². The average molecular weight is 414 g/mol. The van der Waals surface area contributed by atoms with Gasteiger partial charge in [-0.25, -0.2) is 18.4 Å². The lowest BCUT2D eigenvalue weighted by Gasteiger charge is -2.20. The van der Waals surface area contributed by atoms with Crippen LogP contribution in [-0.2, 0) is 21.7 Å². The van der Waals surface area contributed by atoms with Gasteiger partial charge in [-0.05, 0) is 25.1 Å². The average Bonchev–Trinajstić information content (AvgIpc) is 3.27. The minimum Gasteiger partial charge on any atom is -0.473 e. The maximum atomic E-state index is 11.7. The molecular formula is C20H22N4O4S. The second-order valence-electron chi connectivity index (χ2n) is 7.42. The number of imidazole rings is 1. The normalized spacial score (nSPS) is 18.0. The van der Waals surface area contributed by atoms with Crippen molar-refractivity contribution in [2.24, 2.45) is 13.0 Å². The molecule has 0 aliphatic carbocycles. The number of pyridine rings is 1. The van der Waals surface area contributed by atoms with E-state index in [1.807, 2.05) is 24.6 Å². The van der Waals surface area contributed by atoms with Gasteiger partial charge >= 0.3 is 0 Å². The Morgan fingerprint density at radius 2 is 2.00 bits per heavy atom. The first kappa shape index (κ1) is 19.4. The molecule has 1 N–H and O–H groups in total. The summed E-state index contributed by atoms with van der Waals surface area (Å²) in [6, 6.07) is 8.42. The summed E-state index contributed by atoms with van der Waals surface area (Å²) in [4.78, 5) is 20.9. The summed E-state index contributed by atoms with van der Waals surface area (Å²) >= 11 is 0. The summed E-state index contributed by atoms with van der Waals surface area (Å²) in [7, 11) is -1.39. The lowest BCUT2D eigenvalue weighted by Crippen LogP contribution is -2.26. The zero-order chi connectivity index (χ0) is 20.8. The molecule has 0 radical (unpaired) electrons. The molecule has 3 aromatic rings. The first-order valence-electron chi connectivity index (χ1n) is 9.28. The van der Waals surface area contributed by atoms with Crippen LogP contribution in [0.25, 0.3) is 22.3 Å². The van der Waals surface area contributed by atoms with Gasteiger partial charge in [0.15, 0.2) is 9.84 Å². The maximum Gasteiger partial charge on any atom is 0.241 e. The van der Waals surface area contributed by atoms with Crippen LogP contribution in [0.15, 0.2) is 41.6 Å². The second kappa shape index (κ2) is 7.14. The van der Waals surface area contributed by atoms with Crippen LogP contribution in [0.5, 0.6) is 5.88 Å². The number of carbonyl (C=O) groups excluding carboxylic acids is 1. The second-order valence-corrected chi connectivity index (χ2v) is 9.44. The van der Waals surface area contributed by atoms with Gasteiger partial charge in [0.25, 0.3) is 0 Å². The number of sulfone groups is 1. The largest absolute Gasteiger partial charge is 0.473 e. The van der Waals surface area contributed by atoms with Crippen LogP contribution in [0.1, 0.15) is 13.3 Å². The summed E-state index contributed by atoms with van der Waals surface area (Å²) in [5, 5.41) is 2.83. The number of aryl methyl sites for hydroxylation is 1. The quantitative estimate of drug-likeness (QED) is 0.684. The number of hydrogen-bond acceptors (Lipinski definition) is 6. The first-order chi connectivity index (χ1) is 13.7. The highest BCUT2D eigenvalue weighted by Gasteiger charge is 2.29. The van der Waals surface area contributed by atoms with Gasteiger partial charge in [0, 0.05) is 37.8 Å². The summed E-state index contributed by atoms with van der Waals surface area (Å²) in [5.41, 5.74) is 2.90. The molecule has 1 amide bonds. The van der Waals surface area contributed by atoms with Gasteiger partial charge in [0.2, 0.25) is 11.8 Å². The Hall–Kier alpha value is -2.94. The van der Waals surface area contributed by atoms with Crippen LogP contribution in [0.3, 0.4) is 0 Å². The summed E-state index contributed by atoms with van der Waals surface area (Å²) in [5.74, 6) is 0.547. The van der Waals surface area contributed by atoms with Gasteiger partial charge in [0.05, 0.1) is 22.4 Å². The van der Waals surface area contributed by atoms with E-state index in [0.717, 1.165) is 16.6 Å². The third kappa shape index (κ3) is 3.82. The SMILES string of the molecule is CC(Oc1nc(-c2ccc(S(C)(=O)=O)cc2)cc2ncn(C)c12)C1CNC(=O)C1. The fraction of sp³-hybridized carbons (Fsp3) is 0.350. The molecule has 152 valence electrons. The molecule has 9 heteroatoms. The molecule has 0 saturated carbocycles. The third-order valence-electron chi connectivity index (χ3n) is 5.21. The smallest absolute Gasteiger partial charge is 0.241 e. The minimum absolute atomic E-state index is 0.0313. The van der Waals surface area contributed by atoms with Crippen molar-refractivity contribution in [1.82, 2.24) is 19.9 Å². The van der Waals surface area contributed by atoms with E-state index in [1.165, 1.54) is 6.26 Å². The molecule has 29 heavy (non-hydrogen) atoms. The van der Waals surface area contributed by atoms with E-state index >= 15 is 0 Å². The highest BCUT2D eigenvalue weighted by molar-refractivity contribution is 7.90. The number of aromatic nitrogens is 3. The number of amides is 1. The highest BCUT2D eigenvalue weighted by atomic mass is 32.2. The molecule has 4 rings (SSSR count). The van der Waals surface area contributed by atoms with E-state index < -0.39 is 9.84 Å². The molecule has 2 aromatic heterocycles. The van der Waals surface area contributed by atoms with Crippen molar-refractivity contribution >= 4 is 26.8 Å². The van der Waals surface area contributed by atoms with E-state index in [2.05, 4.69) is 15.3 Å². The Morgan fingerprint density at radius 1 is 1.28 bits per heavy atom. The molecule has 0 spiro atoms. The zero-order valence-corrected chi connectivity index (χ0v) is 17.2. The minimum atomic E-state index is -3.27. The summed E-state index contributed by atoms with van der Waals surface area (Å²) in [6.45, 7) is 2.52. The van der Waals surface area contributed by atoms with E-state index in [1.54, 1.807) is 30.6 Å². The molecule has 1 saturated heterocycles. The first-order valence-corrected chi connectivity index (χ1v) is 11.2. The Kier molecular flexibility index (Phi) is 4.77. The number of fused-ring (bicyclic) bond motifs is 1.